The monoisotopic (exact) mass is 603 g/mol. The second kappa shape index (κ2) is 18.1. The van der Waals surface area contributed by atoms with Gasteiger partial charge in [-0.1, -0.05) is 69.7 Å². The third-order valence-corrected chi connectivity index (χ3v) is 7.14. The smallest absolute Gasteiger partial charge is 0.343 e. The fourth-order valence-electron chi connectivity index (χ4n) is 4.66. The van der Waals surface area contributed by atoms with Crippen LogP contribution < -0.4 is 14.2 Å². The number of benzene rings is 3. The first kappa shape index (κ1) is 33.8. The third-order valence-electron chi connectivity index (χ3n) is 7.14. The van der Waals surface area contributed by atoms with E-state index in [-0.39, 0.29) is 22.6 Å². The Kier molecular flexibility index (Phi) is 13.9. The van der Waals surface area contributed by atoms with Crippen LogP contribution in [-0.4, -0.2) is 35.2 Å². The number of carboxylic acid groups (broad SMARTS) is 1. The molecule has 0 spiro atoms. The summed E-state index contributed by atoms with van der Waals surface area (Å²) in [5.41, 5.74) is 1.64. The fourth-order valence-corrected chi connectivity index (χ4v) is 4.66. The summed E-state index contributed by atoms with van der Waals surface area (Å²) in [7, 11) is 0. The third kappa shape index (κ3) is 11.2. The molecule has 9 heteroatoms. The lowest BCUT2D eigenvalue weighted by Crippen LogP contribution is -2.10. The highest BCUT2D eigenvalue weighted by atomic mass is 16.6. The molecular weight excluding hydrogens is 562 g/mol. The zero-order valence-corrected chi connectivity index (χ0v) is 25.3. The number of carboxylic acids is 1. The van der Waals surface area contributed by atoms with Gasteiger partial charge in [-0.3, -0.25) is 10.1 Å². The molecule has 0 bridgehead atoms. The summed E-state index contributed by atoms with van der Waals surface area (Å²) >= 11 is 0. The zero-order chi connectivity index (χ0) is 31.7. The number of nitrogens with zero attached hydrogens (tertiary/aromatic N) is 1. The molecule has 0 saturated heterocycles. The fraction of sp³-hybridized carbons (Fsp3) is 0.371. The van der Waals surface area contributed by atoms with Crippen LogP contribution in [0, 0.1) is 10.1 Å². The average molecular weight is 604 g/mol. The lowest BCUT2D eigenvalue weighted by molar-refractivity contribution is -0.385. The molecule has 234 valence electrons. The van der Waals surface area contributed by atoms with Crippen LogP contribution in [0.4, 0.5) is 5.69 Å². The molecule has 0 aliphatic rings. The molecule has 3 rings (SSSR count). The van der Waals surface area contributed by atoms with E-state index in [9.17, 15) is 19.7 Å². The topological polar surface area (TPSA) is 125 Å². The number of carbonyl (C=O) groups excluding carboxylic acids is 1. The van der Waals surface area contributed by atoms with Gasteiger partial charge in [0.2, 0.25) is 5.75 Å². The Hall–Kier alpha value is -4.66. The van der Waals surface area contributed by atoms with Crippen molar-refractivity contribution in [3.05, 3.63) is 94.6 Å². The van der Waals surface area contributed by atoms with Gasteiger partial charge < -0.3 is 19.3 Å². The predicted molar refractivity (Wildman–Crippen MR) is 170 cm³/mol. The highest BCUT2D eigenvalue weighted by molar-refractivity contribution is 5.92. The van der Waals surface area contributed by atoms with Crippen molar-refractivity contribution in [1.82, 2.24) is 0 Å². The number of aliphatic carboxylic acids is 1. The van der Waals surface area contributed by atoms with Gasteiger partial charge in [0.05, 0.1) is 23.7 Å². The first-order valence-electron chi connectivity index (χ1n) is 15.2. The van der Waals surface area contributed by atoms with Crippen LogP contribution in [0.2, 0.25) is 0 Å². The molecule has 0 radical (unpaired) electrons. The van der Waals surface area contributed by atoms with E-state index in [1.165, 1.54) is 25.0 Å². The number of unbranched alkanes of at least 4 members (excludes halogenated alkanes) is 8. The van der Waals surface area contributed by atoms with E-state index >= 15 is 0 Å². The summed E-state index contributed by atoms with van der Waals surface area (Å²) < 4.78 is 16.6. The van der Waals surface area contributed by atoms with Gasteiger partial charge in [-0.25, -0.2) is 9.59 Å². The normalized spacial score (nSPS) is 10.7. The van der Waals surface area contributed by atoms with E-state index in [1.54, 1.807) is 42.5 Å². The lowest BCUT2D eigenvalue weighted by atomic mass is 10.0. The summed E-state index contributed by atoms with van der Waals surface area (Å²) in [6.07, 6.45) is 10.2. The molecule has 0 aliphatic carbocycles. The molecule has 0 unspecified atom stereocenters. The minimum Gasteiger partial charge on any atom is -0.494 e. The van der Waals surface area contributed by atoms with Crippen molar-refractivity contribution in [2.45, 2.75) is 71.1 Å². The quantitative estimate of drug-likeness (QED) is 0.0339. The molecule has 3 aromatic rings. The highest BCUT2D eigenvalue weighted by Crippen LogP contribution is 2.33. The molecule has 44 heavy (non-hydrogen) atoms. The van der Waals surface area contributed by atoms with Crippen molar-refractivity contribution >= 4 is 17.6 Å². The highest BCUT2D eigenvalue weighted by Gasteiger charge is 2.20. The number of hydrogen-bond donors (Lipinski definition) is 1. The number of hydrogen-bond acceptors (Lipinski definition) is 7. The molecule has 1 N–H and O–H groups in total. The largest absolute Gasteiger partial charge is 0.494 e. The number of ether oxygens (including phenoxy) is 3. The second-order valence-corrected chi connectivity index (χ2v) is 10.5. The molecule has 9 nitrogen and oxygen atoms in total. The van der Waals surface area contributed by atoms with Crippen molar-refractivity contribution in [3.63, 3.8) is 0 Å². The van der Waals surface area contributed by atoms with Gasteiger partial charge in [-0.15, -0.1) is 0 Å². The summed E-state index contributed by atoms with van der Waals surface area (Å²) in [4.78, 5) is 34.7. The van der Waals surface area contributed by atoms with Gasteiger partial charge in [-0.2, -0.15) is 0 Å². The van der Waals surface area contributed by atoms with Crippen LogP contribution in [0.5, 0.6) is 17.2 Å². The SMILES string of the molecule is C=C(CCCCCCCCCCCOc1ccc(C(=O)Oc2ccc(-c3ccc(OCC)cc3)cc2[N+](=O)[O-])cc1)C(=O)O. The standard InChI is InChI=1S/C35H41NO8/c1-3-42-30-19-14-27(15-20-30)29-18-23-33(32(25-29)36(40)41)44-35(39)28-16-21-31(22-17-28)43-24-12-10-8-6-4-5-7-9-11-13-26(2)34(37)38/h14-23,25H,2-13,24H2,1H3,(H,37,38). The van der Waals surface area contributed by atoms with E-state index in [4.69, 9.17) is 19.3 Å². The van der Waals surface area contributed by atoms with E-state index < -0.39 is 16.9 Å². The van der Waals surface area contributed by atoms with Gasteiger partial charge >= 0.3 is 17.6 Å². The van der Waals surface area contributed by atoms with Crippen LogP contribution in [0.25, 0.3) is 11.1 Å². The Morgan fingerprint density at radius 2 is 1.32 bits per heavy atom. The first-order chi connectivity index (χ1) is 21.3. The number of rotatable bonds is 20. The second-order valence-electron chi connectivity index (χ2n) is 10.5. The maximum atomic E-state index is 12.7. The Bertz CT molecular complexity index is 1380. The minimum absolute atomic E-state index is 0.128. The van der Waals surface area contributed by atoms with Gasteiger partial charge in [-0.05, 0) is 79.8 Å². The molecule has 0 fully saturated rings. The predicted octanol–water partition coefficient (Wildman–Crippen LogP) is 8.80. The van der Waals surface area contributed by atoms with Gasteiger partial charge in [0.25, 0.3) is 0 Å². The van der Waals surface area contributed by atoms with E-state index in [0.29, 0.717) is 36.7 Å². The molecular formula is C35H41NO8. The van der Waals surface area contributed by atoms with Crippen LogP contribution >= 0.6 is 0 Å². The van der Waals surface area contributed by atoms with Crippen molar-refractivity contribution in [3.8, 4) is 28.4 Å². The van der Waals surface area contributed by atoms with E-state index in [1.807, 2.05) is 19.1 Å². The van der Waals surface area contributed by atoms with E-state index in [0.717, 1.165) is 50.5 Å². The van der Waals surface area contributed by atoms with Gasteiger partial charge in [0.15, 0.2) is 0 Å². The molecule has 0 atom stereocenters. The summed E-state index contributed by atoms with van der Waals surface area (Å²) in [5.74, 6) is -0.377. The Morgan fingerprint density at radius 1 is 0.773 bits per heavy atom. The Morgan fingerprint density at radius 3 is 1.91 bits per heavy atom. The number of carbonyl (C=O) groups is 2. The Balaban J connectivity index is 1.37. The Labute approximate surface area is 258 Å². The van der Waals surface area contributed by atoms with E-state index in [2.05, 4.69) is 6.58 Å². The van der Waals surface area contributed by atoms with Crippen LogP contribution in [0.3, 0.4) is 0 Å². The maximum absolute atomic E-state index is 12.7. The van der Waals surface area contributed by atoms with Crippen LogP contribution in [0.15, 0.2) is 78.9 Å². The van der Waals surface area contributed by atoms with Crippen molar-refractivity contribution in [2.75, 3.05) is 13.2 Å². The summed E-state index contributed by atoms with van der Waals surface area (Å²) in [5, 5.41) is 20.6. The molecule has 0 amide bonds. The molecule has 3 aromatic carbocycles. The molecule has 0 saturated carbocycles. The molecule has 0 heterocycles. The minimum atomic E-state index is -0.902. The van der Waals surface area contributed by atoms with Gasteiger partial charge in [0, 0.05) is 11.6 Å². The molecule has 0 aromatic heterocycles. The maximum Gasteiger partial charge on any atom is 0.343 e. The lowest BCUT2D eigenvalue weighted by Gasteiger charge is -2.09. The summed E-state index contributed by atoms with van der Waals surface area (Å²) in [6.45, 7) is 6.56. The van der Waals surface area contributed by atoms with Crippen molar-refractivity contribution in [2.24, 2.45) is 0 Å². The number of nitro benzene ring substituents is 1. The molecule has 0 aliphatic heterocycles. The number of esters is 1. The zero-order valence-electron chi connectivity index (χ0n) is 25.3. The first-order valence-corrected chi connectivity index (χ1v) is 15.2. The van der Waals surface area contributed by atoms with Crippen LogP contribution in [-0.2, 0) is 4.79 Å². The van der Waals surface area contributed by atoms with Crippen molar-refractivity contribution < 1.29 is 33.8 Å². The van der Waals surface area contributed by atoms with Crippen molar-refractivity contribution in [1.29, 1.82) is 0 Å². The average Bonchev–Trinajstić information content (AvgIpc) is 3.02. The van der Waals surface area contributed by atoms with Crippen LogP contribution in [0.1, 0.15) is 81.5 Å². The number of nitro groups is 1. The summed E-state index contributed by atoms with van der Waals surface area (Å²) in [6, 6.07) is 18.3. The van der Waals surface area contributed by atoms with Gasteiger partial charge in [0.1, 0.15) is 11.5 Å².